The molecule has 1 aliphatic heterocycles. The third kappa shape index (κ3) is 4.19. The van der Waals surface area contributed by atoms with Gasteiger partial charge in [0.2, 0.25) is 6.79 Å². The second kappa shape index (κ2) is 7.95. The Labute approximate surface area is 179 Å². The first-order valence-electron chi connectivity index (χ1n) is 8.90. The molecular formula is C20H14ClF3N4O3. The van der Waals surface area contributed by atoms with Gasteiger partial charge < -0.3 is 9.47 Å². The van der Waals surface area contributed by atoms with Crippen LogP contribution >= 0.6 is 11.6 Å². The molecule has 11 heteroatoms. The molecule has 4 rings (SSSR count). The Bertz CT molecular complexity index is 1190. The molecule has 1 aliphatic rings. The minimum Gasteiger partial charge on any atom is -0.454 e. The van der Waals surface area contributed by atoms with Gasteiger partial charge in [0, 0.05) is 5.56 Å². The van der Waals surface area contributed by atoms with E-state index in [-0.39, 0.29) is 17.6 Å². The van der Waals surface area contributed by atoms with Gasteiger partial charge >= 0.3 is 6.18 Å². The molecule has 0 fully saturated rings. The molecule has 7 nitrogen and oxygen atoms in total. The first-order chi connectivity index (χ1) is 14.7. The van der Waals surface area contributed by atoms with Crippen LogP contribution in [0.3, 0.4) is 0 Å². The maximum atomic E-state index is 13.0. The summed E-state index contributed by atoms with van der Waals surface area (Å²) in [4.78, 5) is 12.3. The Morgan fingerprint density at radius 1 is 1.23 bits per heavy atom. The number of carbonyl (C=O) groups excluding carboxylic acids is 1. The normalized spacial score (nSPS) is 13.1. The molecule has 3 aromatic rings. The predicted molar refractivity (Wildman–Crippen MR) is 106 cm³/mol. The fourth-order valence-electron chi connectivity index (χ4n) is 2.90. The molecule has 0 saturated heterocycles. The van der Waals surface area contributed by atoms with Crippen LogP contribution in [0.4, 0.5) is 13.2 Å². The summed E-state index contributed by atoms with van der Waals surface area (Å²) in [5, 5.41) is 8.12. The fraction of sp³-hybridized carbons (Fsp3) is 0.150. The summed E-state index contributed by atoms with van der Waals surface area (Å²) in [6.07, 6.45) is -3.21. The molecule has 1 amide bonds. The molecule has 0 atom stereocenters. The number of nitrogens with one attached hydrogen (secondary N) is 1. The molecule has 1 aromatic heterocycles. The van der Waals surface area contributed by atoms with Gasteiger partial charge in [0.25, 0.3) is 5.91 Å². The first kappa shape index (κ1) is 20.7. The standard InChI is InChI=1S/C20H14ClF3N4O3/c1-11-15(9-25-26-19(29)12-5-6-16-17(7-12)31-10-30-16)18(21)28(27-11)14-4-2-3-13(8-14)20(22,23)24/h2-9H,10H2,1H3,(H,26,29)/b25-9+. The van der Waals surface area contributed by atoms with Crippen LogP contribution in [-0.4, -0.2) is 28.7 Å². The summed E-state index contributed by atoms with van der Waals surface area (Å²) in [5.74, 6) is 0.510. The van der Waals surface area contributed by atoms with Crippen molar-refractivity contribution in [3.05, 3.63) is 70.0 Å². The number of halogens is 4. The lowest BCUT2D eigenvalue weighted by molar-refractivity contribution is -0.137. The average molecular weight is 451 g/mol. The number of alkyl halides is 3. The number of hydrazone groups is 1. The maximum Gasteiger partial charge on any atom is 0.416 e. The molecule has 0 aliphatic carbocycles. The van der Waals surface area contributed by atoms with Crippen LogP contribution in [-0.2, 0) is 6.18 Å². The highest BCUT2D eigenvalue weighted by atomic mass is 35.5. The SMILES string of the molecule is Cc1nn(-c2cccc(C(F)(F)F)c2)c(Cl)c1/C=N/NC(=O)c1ccc2c(c1)OCO2. The second-order valence-electron chi connectivity index (χ2n) is 6.52. The molecule has 2 aromatic carbocycles. The average Bonchev–Trinajstić information content (AvgIpc) is 3.32. The highest BCUT2D eigenvalue weighted by Crippen LogP contribution is 2.33. The largest absolute Gasteiger partial charge is 0.454 e. The first-order valence-corrected chi connectivity index (χ1v) is 9.27. The molecule has 0 radical (unpaired) electrons. The zero-order valence-electron chi connectivity index (χ0n) is 15.9. The van der Waals surface area contributed by atoms with E-state index in [0.29, 0.717) is 28.3 Å². The van der Waals surface area contributed by atoms with Crippen molar-refractivity contribution < 1.29 is 27.4 Å². The van der Waals surface area contributed by atoms with Gasteiger partial charge in [0.15, 0.2) is 11.5 Å². The number of hydrogen-bond donors (Lipinski definition) is 1. The van der Waals surface area contributed by atoms with Crippen LogP contribution in [0.25, 0.3) is 5.69 Å². The summed E-state index contributed by atoms with van der Waals surface area (Å²) in [7, 11) is 0. The van der Waals surface area contributed by atoms with Gasteiger partial charge in [-0.2, -0.15) is 23.4 Å². The van der Waals surface area contributed by atoms with Crippen LogP contribution in [0.1, 0.15) is 27.2 Å². The molecule has 0 bridgehead atoms. The maximum absolute atomic E-state index is 13.0. The van der Waals surface area contributed by atoms with E-state index in [1.807, 2.05) is 0 Å². The van der Waals surface area contributed by atoms with Crippen LogP contribution in [0, 0.1) is 6.92 Å². The lowest BCUT2D eigenvalue weighted by Crippen LogP contribution is -2.17. The van der Waals surface area contributed by atoms with Crippen molar-refractivity contribution in [2.75, 3.05) is 6.79 Å². The van der Waals surface area contributed by atoms with Crippen molar-refractivity contribution in [2.24, 2.45) is 5.10 Å². The van der Waals surface area contributed by atoms with E-state index in [1.54, 1.807) is 19.1 Å². The molecule has 160 valence electrons. The number of aromatic nitrogens is 2. The number of carbonyl (C=O) groups is 1. The van der Waals surface area contributed by atoms with Crippen molar-refractivity contribution in [1.82, 2.24) is 15.2 Å². The molecule has 2 heterocycles. The Hall–Kier alpha value is -3.53. The molecular weight excluding hydrogens is 437 g/mol. The molecule has 0 saturated carbocycles. The van der Waals surface area contributed by atoms with Crippen LogP contribution < -0.4 is 14.9 Å². The molecule has 1 N–H and O–H groups in total. The highest BCUT2D eigenvalue weighted by molar-refractivity contribution is 6.32. The third-order valence-corrected chi connectivity index (χ3v) is 4.82. The zero-order valence-corrected chi connectivity index (χ0v) is 16.7. The predicted octanol–water partition coefficient (Wildman–Crippen LogP) is 4.35. The van der Waals surface area contributed by atoms with Crippen molar-refractivity contribution >= 4 is 23.7 Å². The van der Waals surface area contributed by atoms with Crippen molar-refractivity contribution in [3.8, 4) is 17.2 Å². The smallest absolute Gasteiger partial charge is 0.416 e. The summed E-state index contributed by atoms with van der Waals surface area (Å²) >= 11 is 6.31. The van der Waals surface area contributed by atoms with Crippen molar-refractivity contribution in [3.63, 3.8) is 0 Å². The van der Waals surface area contributed by atoms with E-state index < -0.39 is 17.6 Å². The van der Waals surface area contributed by atoms with Crippen molar-refractivity contribution in [1.29, 1.82) is 0 Å². The Morgan fingerprint density at radius 3 is 2.77 bits per heavy atom. The Morgan fingerprint density at radius 2 is 2.00 bits per heavy atom. The summed E-state index contributed by atoms with van der Waals surface area (Å²) in [6, 6.07) is 9.32. The van der Waals surface area contributed by atoms with Gasteiger partial charge in [-0.05, 0) is 43.3 Å². The van der Waals surface area contributed by atoms with Crippen LogP contribution in [0.2, 0.25) is 5.15 Å². The molecule has 0 spiro atoms. The molecule has 0 unspecified atom stereocenters. The quantitative estimate of drug-likeness (QED) is 0.473. The fourth-order valence-corrected chi connectivity index (χ4v) is 3.22. The topological polar surface area (TPSA) is 77.7 Å². The van der Waals surface area contributed by atoms with E-state index in [0.717, 1.165) is 12.1 Å². The van der Waals surface area contributed by atoms with Gasteiger partial charge in [0.1, 0.15) is 5.15 Å². The zero-order chi connectivity index (χ0) is 22.2. The number of ether oxygens (including phenoxy) is 2. The monoisotopic (exact) mass is 450 g/mol. The summed E-state index contributed by atoms with van der Waals surface area (Å²) < 4.78 is 50.6. The lowest BCUT2D eigenvalue weighted by atomic mass is 10.2. The second-order valence-corrected chi connectivity index (χ2v) is 6.87. The van der Waals surface area contributed by atoms with E-state index >= 15 is 0 Å². The lowest BCUT2D eigenvalue weighted by Gasteiger charge is -2.09. The number of rotatable bonds is 4. The number of aryl methyl sites for hydroxylation is 1. The Balaban J connectivity index is 1.53. The number of amides is 1. The third-order valence-electron chi connectivity index (χ3n) is 4.46. The van der Waals surface area contributed by atoms with E-state index in [1.165, 1.54) is 29.1 Å². The van der Waals surface area contributed by atoms with Gasteiger partial charge in [-0.15, -0.1) is 0 Å². The number of fused-ring (bicyclic) bond motifs is 1. The number of nitrogens with zero attached hydrogens (tertiary/aromatic N) is 3. The highest BCUT2D eigenvalue weighted by Gasteiger charge is 2.30. The van der Waals surface area contributed by atoms with Gasteiger partial charge in [-0.3, -0.25) is 4.79 Å². The summed E-state index contributed by atoms with van der Waals surface area (Å²) in [5.41, 5.74) is 2.77. The molecule has 31 heavy (non-hydrogen) atoms. The number of benzene rings is 2. The summed E-state index contributed by atoms with van der Waals surface area (Å²) in [6.45, 7) is 1.71. The minimum absolute atomic E-state index is 0.0536. The number of hydrogen-bond acceptors (Lipinski definition) is 5. The van der Waals surface area contributed by atoms with Gasteiger partial charge in [-0.25, -0.2) is 10.1 Å². The van der Waals surface area contributed by atoms with Gasteiger partial charge in [0.05, 0.1) is 28.7 Å². The van der Waals surface area contributed by atoms with E-state index in [2.05, 4.69) is 15.6 Å². The van der Waals surface area contributed by atoms with Crippen LogP contribution in [0.5, 0.6) is 11.5 Å². The van der Waals surface area contributed by atoms with E-state index in [4.69, 9.17) is 21.1 Å². The van der Waals surface area contributed by atoms with Gasteiger partial charge in [-0.1, -0.05) is 17.7 Å². The van der Waals surface area contributed by atoms with Crippen LogP contribution in [0.15, 0.2) is 47.6 Å². The minimum atomic E-state index is -4.49. The Kier molecular flexibility index (Phi) is 5.32. The van der Waals surface area contributed by atoms with E-state index in [9.17, 15) is 18.0 Å². The van der Waals surface area contributed by atoms with Crippen molar-refractivity contribution in [2.45, 2.75) is 13.1 Å².